The largest absolute Gasteiger partial charge is 0.455 e. The lowest BCUT2D eigenvalue weighted by atomic mass is 9.99. The molecule has 0 fully saturated rings. The smallest absolute Gasteiger partial charge is 0.164 e. The Morgan fingerprint density at radius 1 is 0.556 bits per heavy atom. The van der Waals surface area contributed by atoms with E-state index in [0.717, 1.165) is 49.4 Å². The van der Waals surface area contributed by atoms with Gasteiger partial charge < -0.3 is 4.42 Å². The number of fused-ring (bicyclic) bond motifs is 5. The summed E-state index contributed by atoms with van der Waals surface area (Å²) in [4.78, 5) is 14.8. The number of hydrogen-bond donors (Lipinski definition) is 0. The third kappa shape index (κ3) is 3.43. The predicted octanol–water partition coefficient (Wildman–Crippen LogP) is 8.58. The number of aromatic nitrogens is 3. The predicted molar refractivity (Wildman–Crippen MR) is 146 cm³/mol. The third-order valence-corrected chi connectivity index (χ3v) is 6.60. The van der Waals surface area contributed by atoms with Crippen LogP contribution in [0.2, 0.25) is 5.02 Å². The highest BCUT2D eigenvalue weighted by Gasteiger charge is 2.20. The van der Waals surface area contributed by atoms with Crippen LogP contribution in [-0.4, -0.2) is 15.0 Å². The van der Waals surface area contributed by atoms with Gasteiger partial charge in [0.05, 0.1) is 0 Å². The second-order valence-electron chi connectivity index (χ2n) is 8.63. The Morgan fingerprint density at radius 3 is 1.86 bits per heavy atom. The molecule has 36 heavy (non-hydrogen) atoms. The van der Waals surface area contributed by atoms with Gasteiger partial charge in [-0.05, 0) is 29.7 Å². The van der Waals surface area contributed by atoms with Gasteiger partial charge in [-0.25, -0.2) is 15.0 Å². The molecule has 0 unspecified atom stereocenters. The molecule has 0 aliphatic heterocycles. The van der Waals surface area contributed by atoms with Crippen LogP contribution in [0.15, 0.2) is 114 Å². The molecular formula is C31H18ClN3O. The first kappa shape index (κ1) is 20.8. The molecule has 0 aliphatic carbocycles. The lowest BCUT2D eigenvalue weighted by Crippen LogP contribution is -2.00. The number of furan rings is 1. The second kappa shape index (κ2) is 8.29. The third-order valence-electron chi connectivity index (χ3n) is 6.36. The monoisotopic (exact) mass is 483 g/mol. The molecule has 5 aromatic carbocycles. The van der Waals surface area contributed by atoms with Crippen molar-refractivity contribution in [2.75, 3.05) is 0 Å². The average molecular weight is 484 g/mol. The molecule has 5 heteroatoms. The van der Waals surface area contributed by atoms with Gasteiger partial charge >= 0.3 is 0 Å². The molecule has 0 saturated heterocycles. The molecule has 0 atom stereocenters. The summed E-state index contributed by atoms with van der Waals surface area (Å²) in [6.07, 6.45) is 0. The van der Waals surface area contributed by atoms with Crippen LogP contribution in [0.1, 0.15) is 0 Å². The van der Waals surface area contributed by atoms with E-state index >= 15 is 0 Å². The molecule has 0 N–H and O–H groups in total. The molecule has 0 spiro atoms. The van der Waals surface area contributed by atoms with Crippen molar-refractivity contribution in [3.63, 3.8) is 0 Å². The highest BCUT2D eigenvalue weighted by molar-refractivity contribution is 6.32. The second-order valence-corrected chi connectivity index (χ2v) is 9.07. The lowest BCUT2D eigenvalue weighted by molar-refractivity contribution is 0.672. The molecule has 0 saturated carbocycles. The van der Waals surface area contributed by atoms with Crippen molar-refractivity contribution in [2.45, 2.75) is 0 Å². The van der Waals surface area contributed by atoms with Gasteiger partial charge in [0.1, 0.15) is 11.2 Å². The Labute approximate surface area is 211 Å². The Bertz CT molecular complexity index is 1840. The average Bonchev–Trinajstić information content (AvgIpc) is 3.32. The maximum atomic E-state index is 6.42. The first-order chi connectivity index (χ1) is 17.7. The lowest BCUT2D eigenvalue weighted by Gasteiger charge is -2.10. The van der Waals surface area contributed by atoms with Gasteiger partial charge in [0, 0.05) is 37.9 Å². The molecule has 7 aromatic rings. The molecule has 7 rings (SSSR count). The fourth-order valence-electron chi connectivity index (χ4n) is 4.69. The van der Waals surface area contributed by atoms with Gasteiger partial charge in [-0.15, -0.1) is 0 Å². The van der Waals surface area contributed by atoms with Gasteiger partial charge in [-0.2, -0.15) is 0 Å². The van der Waals surface area contributed by atoms with Crippen molar-refractivity contribution in [1.82, 2.24) is 15.0 Å². The summed E-state index contributed by atoms with van der Waals surface area (Å²) in [5.74, 6) is 1.82. The van der Waals surface area contributed by atoms with Gasteiger partial charge in [-0.3, -0.25) is 0 Å². The molecule has 0 radical (unpaired) electrons. The molecule has 0 aliphatic rings. The van der Waals surface area contributed by atoms with E-state index in [1.54, 1.807) is 0 Å². The molecule has 0 amide bonds. The quantitative estimate of drug-likeness (QED) is 0.252. The number of hydrogen-bond acceptors (Lipinski definition) is 4. The molecule has 170 valence electrons. The zero-order valence-electron chi connectivity index (χ0n) is 19.0. The van der Waals surface area contributed by atoms with Crippen molar-refractivity contribution in [1.29, 1.82) is 0 Å². The van der Waals surface area contributed by atoms with Gasteiger partial charge in [0.15, 0.2) is 17.5 Å². The minimum absolute atomic E-state index is 0.584. The van der Waals surface area contributed by atoms with Crippen LogP contribution in [0.3, 0.4) is 0 Å². The maximum absolute atomic E-state index is 6.42. The Hall–Kier alpha value is -4.54. The Morgan fingerprint density at radius 2 is 1.17 bits per heavy atom. The number of rotatable bonds is 3. The maximum Gasteiger partial charge on any atom is 0.164 e. The number of nitrogens with zero attached hydrogens (tertiary/aromatic N) is 3. The summed E-state index contributed by atoms with van der Waals surface area (Å²) in [7, 11) is 0. The van der Waals surface area contributed by atoms with E-state index < -0.39 is 0 Å². The Balaban J connectivity index is 1.60. The van der Waals surface area contributed by atoms with Crippen LogP contribution >= 0.6 is 11.6 Å². The van der Waals surface area contributed by atoms with Gasteiger partial charge in [-0.1, -0.05) is 96.5 Å². The van der Waals surface area contributed by atoms with E-state index in [-0.39, 0.29) is 0 Å². The van der Waals surface area contributed by atoms with E-state index in [1.165, 1.54) is 0 Å². The number of halogens is 1. The summed E-state index contributed by atoms with van der Waals surface area (Å²) >= 11 is 6.42. The van der Waals surface area contributed by atoms with E-state index in [9.17, 15) is 0 Å². The summed E-state index contributed by atoms with van der Waals surface area (Å²) in [5, 5.41) is 4.60. The summed E-state index contributed by atoms with van der Waals surface area (Å²) < 4.78 is 6.38. The van der Waals surface area contributed by atoms with E-state index in [0.29, 0.717) is 22.5 Å². The van der Waals surface area contributed by atoms with E-state index in [2.05, 4.69) is 18.2 Å². The summed E-state index contributed by atoms with van der Waals surface area (Å²) in [5.41, 5.74) is 4.29. The SMILES string of the molecule is Clc1ccc2oc3c4ccccc4cc(-c4nc(-c5ccccc5)nc(-c5ccccc5)n4)c3c2c1. The zero-order valence-corrected chi connectivity index (χ0v) is 19.8. The van der Waals surface area contributed by atoms with Gasteiger partial charge in [0.25, 0.3) is 0 Å². The fraction of sp³-hybridized carbons (Fsp3) is 0. The normalized spacial score (nSPS) is 11.5. The first-order valence-corrected chi connectivity index (χ1v) is 12.0. The molecular weight excluding hydrogens is 466 g/mol. The van der Waals surface area contributed by atoms with Crippen LogP contribution in [0.5, 0.6) is 0 Å². The fourth-order valence-corrected chi connectivity index (χ4v) is 4.86. The first-order valence-electron chi connectivity index (χ1n) is 11.7. The van der Waals surface area contributed by atoms with Crippen molar-refractivity contribution >= 4 is 44.3 Å². The van der Waals surface area contributed by atoms with Crippen molar-refractivity contribution in [3.8, 4) is 34.2 Å². The summed E-state index contributed by atoms with van der Waals surface area (Å²) in [6, 6.07) is 36.0. The van der Waals surface area contributed by atoms with Crippen LogP contribution in [0, 0.1) is 0 Å². The highest BCUT2D eigenvalue weighted by atomic mass is 35.5. The zero-order chi connectivity index (χ0) is 24.1. The molecule has 4 nitrogen and oxygen atoms in total. The minimum atomic E-state index is 0.584. The van der Waals surface area contributed by atoms with Crippen LogP contribution in [0.4, 0.5) is 0 Å². The van der Waals surface area contributed by atoms with E-state index in [1.807, 2.05) is 91.0 Å². The minimum Gasteiger partial charge on any atom is -0.455 e. The molecule has 0 bridgehead atoms. The highest BCUT2D eigenvalue weighted by Crippen LogP contribution is 2.41. The van der Waals surface area contributed by atoms with Crippen molar-refractivity contribution in [2.24, 2.45) is 0 Å². The van der Waals surface area contributed by atoms with Crippen LogP contribution in [0.25, 0.3) is 66.9 Å². The standard InChI is InChI=1S/C31H18ClN3O/c32-22-15-16-26-24(18-22)27-25(17-21-13-7-8-14-23(21)28(27)36-26)31-34-29(19-9-3-1-4-10-19)33-30(35-31)20-11-5-2-6-12-20/h1-18H. The van der Waals surface area contributed by atoms with Crippen LogP contribution < -0.4 is 0 Å². The number of benzene rings is 5. The van der Waals surface area contributed by atoms with Crippen molar-refractivity contribution in [3.05, 3.63) is 114 Å². The van der Waals surface area contributed by atoms with Crippen molar-refractivity contribution < 1.29 is 4.42 Å². The van der Waals surface area contributed by atoms with Crippen LogP contribution in [-0.2, 0) is 0 Å². The van der Waals surface area contributed by atoms with Gasteiger partial charge in [0.2, 0.25) is 0 Å². The molecule has 2 heterocycles. The molecule has 2 aromatic heterocycles. The summed E-state index contributed by atoms with van der Waals surface area (Å²) in [6.45, 7) is 0. The topological polar surface area (TPSA) is 51.8 Å². The van der Waals surface area contributed by atoms with E-state index in [4.69, 9.17) is 31.0 Å². The Kier molecular flexibility index (Phi) is 4.79.